The Bertz CT molecular complexity index is 741. The van der Waals surface area contributed by atoms with E-state index in [-0.39, 0.29) is 18.1 Å². The minimum Gasteiger partial charge on any atom is -0.335 e. The maximum atomic E-state index is 12.9. The number of hydrogen-bond donors (Lipinski definition) is 3. The van der Waals surface area contributed by atoms with Crippen molar-refractivity contribution in [3.63, 3.8) is 0 Å². The van der Waals surface area contributed by atoms with E-state index >= 15 is 0 Å². The summed E-state index contributed by atoms with van der Waals surface area (Å²) in [6, 6.07) is 4.16. The summed E-state index contributed by atoms with van der Waals surface area (Å²) in [5.41, 5.74) is 2.94. The molecule has 7 heteroatoms. The van der Waals surface area contributed by atoms with Crippen molar-refractivity contribution in [1.82, 2.24) is 15.5 Å². The lowest BCUT2D eigenvalue weighted by Gasteiger charge is -2.33. The third-order valence-electron chi connectivity index (χ3n) is 6.37. The fraction of sp³-hybridized carbons (Fsp3) is 0.652. The molecule has 0 radical (unpaired) electrons. The van der Waals surface area contributed by atoms with E-state index in [4.69, 9.17) is 11.6 Å². The van der Waals surface area contributed by atoms with Crippen molar-refractivity contribution >= 4 is 29.4 Å². The van der Waals surface area contributed by atoms with Crippen LogP contribution in [0.3, 0.4) is 0 Å². The van der Waals surface area contributed by atoms with Gasteiger partial charge in [0.1, 0.15) is 0 Å². The molecule has 30 heavy (non-hydrogen) atoms. The summed E-state index contributed by atoms with van der Waals surface area (Å²) in [5, 5.41) is 10.00. The van der Waals surface area contributed by atoms with Crippen LogP contribution in [-0.2, 0) is 12.8 Å². The third-order valence-corrected chi connectivity index (χ3v) is 6.72. The highest BCUT2D eigenvalue weighted by Crippen LogP contribution is 2.30. The summed E-state index contributed by atoms with van der Waals surface area (Å²) < 4.78 is 0. The van der Waals surface area contributed by atoms with Gasteiger partial charge in [-0.25, -0.2) is 9.59 Å². The van der Waals surface area contributed by atoms with Gasteiger partial charge in [0.2, 0.25) is 0 Å². The average molecular weight is 435 g/mol. The second kappa shape index (κ2) is 10.9. The number of aryl methyl sites for hydroxylation is 1. The Kier molecular flexibility index (Phi) is 8.25. The summed E-state index contributed by atoms with van der Waals surface area (Å²) in [7, 11) is 0. The zero-order valence-corrected chi connectivity index (χ0v) is 19.0. The first-order valence-electron chi connectivity index (χ1n) is 11.4. The van der Waals surface area contributed by atoms with Gasteiger partial charge in [-0.2, -0.15) is 0 Å². The molecule has 166 valence electrons. The van der Waals surface area contributed by atoms with E-state index in [1.807, 2.05) is 24.0 Å². The summed E-state index contributed by atoms with van der Waals surface area (Å²) in [5.74, 6) is 0. The molecule has 2 fully saturated rings. The summed E-state index contributed by atoms with van der Waals surface area (Å²) >= 11 is 6.35. The maximum Gasteiger partial charge on any atom is 0.321 e. The molecule has 0 unspecified atom stereocenters. The number of carbonyl (C=O) groups is 2. The second-order valence-electron chi connectivity index (χ2n) is 8.41. The van der Waals surface area contributed by atoms with E-state index in [1.165, 1.54) is 19.3 Å². The monoisotopic (exact) mass is 434 g/mol. The molecule has 3 rings (SSSR count). The normalized spacial score (nSPS) is 18.2. The molecule has 1 saturated carbocycles. The molecule has 1 aliphatic carbocycles. The summed E-state index contributed by atoms with van der Waals surface area (Å²) in [4.78, 5) is 27.0. The number of amides is 4. The predicted molar refractivity (Wildman–Crippen MR) is 122 cm³/mol. The van der Waals surface area contributed by atoms with Gasteiger partial charge in [0.05, 0.1) is 5.69 Å². The number of likely N-dealkylation sites (tertiary alicyclic amines) is 1. The lowest BCUT2D eigenvalue weighted by molar-refractivity contribution is 0.186. The highest BCUT2D eigenvalue weighted by molar-refractivity contribution is 6.32. The largest absolute Gasteiger partial charge is 0.335 e. The summed E-state index contributed by atoms with van der Waals surface area (Å²) in [6.45, 7) is 5.38. The zero-order valence-electron chi connectivity index (χ0n) is 18.2. The Morgan fingerprint density at radius 1 is 0.967 bits per heavy atom. The van der Waals surface area contributed by atoms with Crippen LogP contribution in [0.4, 0.5) is 15.3 Å². The van der Waals surface area contributed by atoms with E-state index in [0.717, 1.165) is 55.3 Å². The molecule has 1 aliphatic heterocycles. The van der Waals surface area contributed by atoms with Gasteiger partial charge in [-0.15, -0.1) is 0 Å². The average Bonchev–Trinajstić information content (AvgIpc) is 2.75. The van der Waals surface area contributed by atoms with E-state index in [0.29, 0.717) is 24.2 Å². The maximum absolute atomic E-state index is 12.9. The Labute approximate surface area is 185 Å². The van der Waals surface area contributed by atoms with Crippen molar-refractivity contribution in [1.29, 1.82) is 0 Å². The van der Waals surface area contributed by atoms with Gasteiger partial charge < -0.3 is 20.9 Å². The molecule has 4 amide bonds. The number of halogens is 1. The van der Waals surface area contributed by atoms with Crippen LogP contribution in [0.1, 0.15) is 69.9 Å². The molecule has 6 nitrogen and oxygen atoms in total. The van der Waals surface area contributed by atoms with Gasteiger partial charge in [0.25, 0.3) is 0 Å². The number of carbonyl (C=O) groups excluding carboxylic acids is 2. The van der Waals surface area contributed by atoms with Crippen LogP contribution < -0.4 is 16.0 Å². The minimum absolute atomic E-state index is 0.0658. The Balaban J connectivity index is 1.50. The first-order chi connectivity index (χ1) is 14.5. The SMILES string of the molecule is CCc1ccc(Cl)c(CC)c1NC(=O)N1CCC(NC(=O)NC2CCCCC2)CC1. The van der Waals surface area contributed by atoms with Gasteiger partial charge in [-0.3, -0.25) is 0 Å². The van der Waals surface area contributed by atoms with Crippen molar-refractivity contribution in [3.05, 3.63) is 28.3 Å². The third kappa shape index (κ3) is 5.81. The molecule has 1 heterocycles. The molecule has 1 aromatic rings. The molecular formula is C23H35ClN4O2. The second-order valence-corrected chi connectivity index (χ2v) is 8.82. The minimum atomic E-state index is -0.0910. The molecule has 3 N–H and O–H groups in total. The molecule has 0 atom stereocenters. The van der Waals surface area contributed by atoms with Crippen LogP contribution in [0.15, 0.2) is 12.1 Å². The fourth-order valence-corrected chi connectivity index (χ4v) is 4.83. The Morgan fingerprint density at radius 2 is 1.60 bits per heavy atom. The topological polar surface area (TPSA) is 73.5 Å². The highest BCUT2D eigenvalue weighted by Gasteiger charge is 2.26. The van der Waals surface area contributed by atoms with Crippen molar-refractivity contribution in [2.75, 3.05) is 18.4 Å². The number of anilines is 1. The zero-order chi connectivity index (χ0) is 21.5. The van der Waals surface area contributed by atoms with Crippen molar-refractivity contribution in [2.24, 2.45) is 0 Å². The number of hydrogen-bond acceptors (Lipinski definition) is 2. The Morgan fingerprint density at radius 3 is 2.20 bits per heavy atom. The number of rotatable bonds is 5. The smallest absolute Gasteiger partial charge is 0.321 e. The lowest BCUT2D eigenvalue weighted by atomic mass is 9.96. The van der Waals surface area contributed by atoms with Gasteiger partial charge in [0.15, 0.2) is 0 Å². The van der Waals surface area contributed by atoms with Gasteiger partial charge >= 0.3 is 12.1 Å². The van der Waals surface area contributed by atoms with Crippen molar-refractivity contribution in [3.8, 4) is 0 Å². The van der Waals surface area contributed by atoms with Crippen LogP contribution in [0, 0.1) is 0 Å². The Hall–Kier alpha value is -1.95. The van der Waals surface area contributed by atoms with Crippen molar-refractivity contribution in [2.45, 2.75) is 83.7 Å². The first kappa shape index (κ1) is 22.7. The van der Waals surface area contributed by atoms with E-state index in [9.17, 15) is 9.59 Å². The van der Waals surface area contributed by atoms with Crippen molar-refractivity contribution < 1.29 is 9.59 Å². The quantitative estimate of drug-likeness (QED) is 0.603. The lowest BCUT2D eigenvalue weighted by Crippen LogP contribution is -2.51. The van der Waals surface area contributed by atoms with Gasteiger partial charge in [-0.05, 0) is 55.7 Å². The molecule has 0 spiro atoms. The highest BCUT2D eigenvalue weighted by atomic mass is 35.5. The van der Waals surface area contributed by atoms with E-state index in [2.05, 4.69) is 22.9 Å². The number of urea groups is 2. The van der Waals surface area contributed by atoms with Crippen LogP contribution in [-0.4, -0.2) is 42.1 Å². The molecule has 1 saturated heterocycles. The van der Waals surface area contributed by atoms with Crippen LogP contribution in [0.2, 0.25) is 5.02 Å². The summed E-state index contributed by atoms with van der Waals surface area (Å²) in [6.07, 6.45) is 8.96. The fourth-order valence-electron chi connectivity index (χ4n) is 4.54. The van der Waals surface area contributed by atoms with Gasteiger partial charge in [-0.1, -0.05) is 50.8 Å². The number of piperidine rings is 1. The van der Waals surface area contributed by atoms with E-state index < -0.39 is 0 Å². The predicted octanol–water partition coefficient (Wildman–Crippen LogP) is 5.09. The van der Waals surface area contributed by atoms with Gasteiger partial charge in [0, 0.05) is 30.2 Å². The molecular weight excluding hydrogens is 400 g/mol. The molecule has 0 aromatic heterocycles. The molecule has 2 aliphatic rings. The van der Waals surface area contributed by atoms with Crippen LogP contribution in [0.25, 0.3) is 0 Å². The van der Waals surface area contributed by atoms with E-state index in [1.54, 1.807) is 0 Å². The number of nitrogens with zero attached hydrogens (tertiary/aromatic N) is 1. The standard InChI is InChI=1S/C23H35ClN4O2/c1-3-16-10-11-20(24)19(4-2)21(16)27-23(30)28-14-12-18(13-15-28)26-22(29)25-17-8-6-5-7-9-17/h10-11,17-18H,3-9,12-15H2,1-2H3,(H,27,30)(H2,25,26,29). The first-order valence-corrected chi connectivity index (χ1v) is 11.8. The molecule has 0 bridgehead atoms. The van der Waals surface area contributed by atoms with Crippen LogP contribution in [0.5, 0.6) is 0 Å². The number of nitrogens with one attached hydrogen (secondary N) is 3. The van der Waals surface area contributed by atoms with Crippen LogP contribution >= 0.6 is 11.6 Å². The molecule has 1 aromatic carbocycles. The number of benzene rings is 1.